The van der Waals surface area contributed by atoms with Gasteiger partial charge in [0.05, 0.1) is 16.4 Å². The molecule has 0 unspecified atom stereocenters. The van der Waals surface area contributed by atoms with E-state index < -0.39 is 9.84 Å². The lowest BCUT2D eigenvalue weighted by Gasteiger charge is -2.00. The quantitative estimate of drug-likeness (QED) is 0.789. The third-order valence-corrected chi connectivity index (χ3v) is 4.19. The second-order valence-electron chi connectivity index (χ2n) is 4.44. The fraction of sp³-hybridized carbons (Fsp3) is 0.417. The molecular formula is C12H15NO2S. The third-order valence-electron chi connectivity index (χ3n) is 2.51. The van der Waals surface area contributed by atoms with Gasteiger partial charge in [-0.25, -0.2) is 8.42 Å². The highest BCUT2D eigenvalue weighted by Gasteiger charge is 2.30. The maximum absolute atomic E-state index is 11.8. The first-order chi connectivity index (χ1) is 7.50. The summed E-state index contributed by atoms with van der Waals surface area (Å²) in [5.74, 6) is 0.502. The summed E-state index contributed by atoms with van der Waals surface area (Å²) in [7, 11) is -3.13. The van der Waals surface area contributed by atoms with E-state index in [4.69, 9.17) is 0 Å². The monoisotopic (exact) mass is 237 g/mol. The second-order valence-corrected chi connectivity index (χ2v) is 6.39. The van der Waals surface area contributed by atoms with E-state index in [1.807, 2.05) is 12.1 Å². The molecule has 3 nitrogen and oxygen atoms in total. The van der Waals surface area contributed by atoms with Crippen LogP contribution in [0.15, 0.2) is 34.2 Å². The van der Waals surface area contributed by atoms with Crippen molar-refractivity contribution < 1.29 is 8.42 Å². The number of hydrogen-bond donors (Lipinski definition) is 0. The molecule has 0 bridgehead atoms. The minimum atomic E-state index is -3.13. The van der Waals surface area contributed by atoms with Gasteiger partial charge in [0.25, 0.3) is 0 Å². The van der Waals surface area contributed by atoms with Crippen LogP contribution >= 0.6 is 0 Å². The molecule has 0 N–H and O–H groups in total. The Hall–Kier alpha value is -1.16. The Morgan fingerprint density at radius 2 is 2.00 bits per heavy atom. The highest BCUT2D eigenvalue weighted by atomic mass is 32.2. The van der Waals surface area contributed by atoms with Gasteiger partial charge in [-0.3, -0.25) is 4.99 Å². The lowest BCUT2D eigenvalue weighted by atomic mass is 10.1. The van der Waals surface area contributed by atoms with Crippen molar-refractivity contribution in [3.63, 3.8) is 0 Å². The fourth-order valence-corrected chi connectivity index (χ4v) is 3.30. The van der Waals surface area contributed by atoms with Crippen LogP contribution in [0.1, 0.15) is 19.4 Å². The molecule has 1 heterocycles. The molecule has 0 radical (unpaired) electrons. The molecule has 0 aromatic heterocycles. The van der Waals surface area contributed by atoms with Crippen LogP contribution in [0.4, 0.5) is 0 Å². The summed E-state index contributed by atoms with van der Waals surface area (Å²) < 4.78 is 23.7. The predicted molar refractivity (Wildman–Crippen MR) is 64.7 cm³/mol. The van der Waals surface area contributed by atoms with Gasteiger partial charge in [0, 0.05) is 12.1 Å². The van der Waals surface area contributed by atoms with Crippen molar-refractivity contribution in [2.45, 2.75) is 18.7 Å². The smallest absolute Gasteiger partial charge is 0.184 e. The van der Waals surface area contributed by atoms with Gasteiger partial charge in [0.1, 0.15) is 0 Å². The van der Waals surface area contributed by atoms with Crippen LogP contribution in [0.5, 0.6) is 0 Å². The number of nitrogens with zero attached hydrogens (tertiary/aromatic N) is 1. The van der Waals surface area contributed by atoms with Crippen molar-refractivity contribution in [1.82, 2.24) is 0 Å². The SMILES string of the molecule is CC(C)CN=C1CS(=O)(=O)c2ccccc21. The molecule has 1 aliphatic rings. The van der Waals surface area contributed by atoms with Gasteiger partial charge < -0.3 is 0 Å². The molecule has 1 aromatic rings. The molecule has 0 saturated carbocycles. The van der Waals surface area contributed by atoms with Crippen molar-refractivity contribution in [2.75, 3.05) is 12.3 Å². The Morgan fingerprint density at radius 3 is 2.69 bits per heavy atom. The van der Waals surface area contributed by atoms with E-state index in [2.05, 4.69) is 18.8 Å². The van der Waals surface area contributed by atoms with Gasteiger partial charge in [0.15, 0.2) is 9.84 Å². The Labute approximate surface area is 96.1 Å². The molecule has 1 aromatic carbocycles. The van der Waals surface area contributed by atoms with E-state index in [1.165, 1.54) is 0 Å². The van der Waals surface area contributed by atoms with E-state index in [1.54, 1.807) is 12.1 Å². The molecule has 0 spiro atoms. The molecule has 2 rings (SSSR count). The molecule has 0 amide bonds. The summed E-state index contributed by atoms with van der Waals surface area (Å²) in [6, 6.07) is 7.09. The molecule has 1 aliphatic heterocycles. The van der Waals surface area contributed by atoms with E-state index in [-0.39, 0.29) is 5.75 Å². The summed E-state index contributed by atoms with van der Waals surface area (Å²) in [5.41, 5.74) is 1.49. The zero-order chi connectivity index (χ0) is 11.8. The summed E-state index contributed by atoms with van der Waals surface area (Å²) in [4.78, 5) is 4.83. The maximum Gasteiger partial charge on any atom is 0.184 e. The minimum absolute atomic E-state index is 0.0546. The molecule has 0 saturated heterocycles. The van der Waals surface area contributed by atoms with E-state index >= 15 is 0 Å². The molecule has 16 heavy (non-hydrogen) atoms. The second kappa shape index (κ2) is 4.01. The zero-order valence-corrected chi connectivity index (χ0v) is 10.3. The van der Waals surface area contributed by atoms with Crippen molar-refractivity contribution >= 4 is 15.5 Å². The first kappa shape index (κ1) is 11.3. The van der Waals surface area contributed by atoms with Crippen LogP contribution in [-0.4, -0.2) is 26.4 Å². The average Bonchev–Trinajstić information content (AvgIpc) is 2.49. The minimum Gasteiger partial charge on any atom is -0.288 e. The Bertz CT molecular complexity index is 530. The number of sulfone groups is 1. The fourth-order valence-electron chi connectivity index (χ4n) is 1.74. The van der Waals surface area contributed by atoms with Gasteiger partial charge in [-0.1, -0.05) is 32.0 Å². The molecule has 4 heteroatoms. The van der Waals surface area contributed by atoms with Crippen LogP contribution in [0.2, 0.25) is 0 Å². The summed E-state index contributed by atoms with van der Waals surface area (Å²) in [5, 5.41) is 0. The van der Waals surface area contributed by atoms with Gasteiger partial charge >= 0.3 is 0 Å². The summed E-state index contributed by atoms with van der Waals surface area (Å²) >= 11 is 0. The predicted octanol–water partition coefficient (Wildman–Crippen LogP) is 1.92. The summed E-state index contributed by atoms with van der Waals surface area (Å²) in [6.07, 6.45) is 0. The van der Waals surface area contributed by atoms with Crippen LogP contribution in [0.25, 0.3) is 0 Å². The first-order valence-corrected chi connectivity index (χ1v) is 7.01. The highest BCUT2D eigenvalue weighted by Crippen LogP contribution is 2.25. The van der Waals surface area contributed by atoms with E-state index in [0.29, 0.717) is 23.1 Å². The topological polar surface area (TPSA) is 46.5 Å². The Balaban J connectivity index is 2.45. The van der Waals surface area contributed by atoms with Crippen molar-refractivity contribution in [3.05, 3.63) is 29.8 Å². The van der Waals surface area contributed by atoms with Crippen molar-refractivity contribution in [3.8, 4) is 0 Å². The number of hydrogen-bond acceptors (Lipinski definition) is 3. The Morgan fingerprint density at radius 1 is 1.31 bits per heavy atom. The largest absolute Gasteiger partial charge is 0.288 e. The molecular weight excluding hydrogens is 222 g/mol. The maximum atomic E-state index is 11.8. The van der Waals surface area contributed by atoms with Crippen molar-refractivity contribution in [2.24, 2.45) is 10.9 Å². The average molecular weight is 237 g/mol. The van der Waals surface area contributed by atoms with E-state index in [9.17, 15) is 8.42 Å². The van der Waals surface area contributed by atoms with Gasteiger partial charge in [-0.15, -0.1) is 0 Å². The van der Waals surface area contributed by atoms with Crippen molar-refractivity contribution in [1.29, 1.82) is 0 Å². The molecule has 0 atom stereocenters. The first-order valence-electron chi connectivity index (χ1n) is 5.36. The lowest BCUT2D eigenvalue weighted by Crippen LogP contribution is -2.07. The number of fused-ring (bicyclic) bond motifs is 1. The molecule has 0 aliphatic carbocycles. The normalized spacial score (nSPS) is 20.3. The van der Waals surface area contributed by atoms with Crippen LogP contribution in [-0.2, 0) is 9.84 Å². The van der Waals surface area contributed by atoms with Gasteiger partial charge in [0.2, 0.25) is 0 Å². The van der Waals surface area contributed by atoms with Crippen LogP contribution in [0, 0.1) is 5.92 Å². The van der Waals surface area contributed by atoms with Gasteiger partial charge in [-0.05, 0) is 12.0 Å². The number of rotatable bonds is 2. The standard InChI is InChI=1S/C12H15NO2S/c1-9(2)7-13-11-8-16(14,15)12-6-4-3-5-10(11)12/h3-6,9H,7-8H2,1-2H3. The summed E-state index contributed by atoms with van der Waals surface area (Å²) in [6.45, 7) is 4.82. The Kier molecular flexibility index (Phi) is 2.84. The third kappa shape index (κ3) is 2.02. The van der Waals surface area contributed by atoms with Gasteiger partial charge in [-0.2, -0.15) is 0 Å². The number of aliphatic imine (C=N–C) groups is 1. The molecule has 0 fully saturated rings. The zero-order valence-electron chi connectivity index (χ0n) is 9.47. The van der Waals surface area contributed by atoms with Crippen LogP contribution < -0.4 is 0 Å². The highest BCUT2D eigenvalue weighted by molar-refractivity contribution is 7.92. The van der Waals surface area contributed by atoms with E-state index in [0.717, 1.165) is 5.56 Å². The lowest BCUT2D eigenvalue weighted by molar-refractivity contribution is 0.601. The van der Waals surface area contributed by atoms with Crippen LogP contribution in [0.3, 0.4) is 0 Å². The molecule has 86 valence electrons. The number of benzene rings is 1.